The molecule has 103 heavy (non-hydrogen) atoms. The number of anilines is 1. The Labute approximate surface area is 606 Å². The molecule has 0 aliphatic carbocycles. The maximum atomic E-state index is 13.3. The summed E-state index contributed by atoms with van der Waals surface area (Å²) in [5.74, 6) is -1.91. The van der Waals surface area contributed by atoms with Crippen molar-refractivity contribution in [1.82, 2.24) is 25.6 Å². The third-order valence-corrected chi connectivity index (χ3v) is 15.3. The average molecular weight is 1490 g/mol. The van der Waals surface area contributed by atoms with Crippen LogP contribution < -0.4 is 20.3 Å². The van der Waals surface area contributed by atoms with Crippen molar-refractivity contribution in [2.75, 3.05) is 125 Å². The molecule has 584 valence electrons. The third-order valence-electron chi connectivity index (χ3n) is 15.1. The Morgan fingerprint density at radius 2 is 1.08 bits per heavy atom. The SMILES string of the molecule is CCC(CO)OC(CO)OC.CCC(CO)OC(COC(=O)CCCC(=O)NCCS)OC.CCC(CO)OC(COC(=O)CCCC(=O)N[C@H](C(=O)Oc1cccc(-c2nc(N3CCOCC3)c3oc4ncccc4c3n2)c1)C(C)C)OC.CCC(CO)OC(COC(=O)CCCC(=O)O)OC. The number of pyridine rings is 1. The zero-order valence-corrected chi connectivity index (χ0v) is 61.8. The van der Waals surface area contributed by atoms with Crippen LogP contribution in [-0.4, -0.2) is 263 Å². The lowest BCUT2D eigenvalue weighted by molar-refractivity contribution is -0.194. The number of benzene rings is 1. The Morgan fingerprint density at radius 3 is 1.51 bits per heavy atom. The minimum Gasteiger partial charge on any atom is -0.481 e. The summed E-state index contributed by atoms with van der Waals surface area (Å²) in [6.07, 6.45) is 1.17. The summed E-state index contributed by atoms with van der Waals surface area (Å²) in [6, 6.07) is 9.69. The van der Waals surface area contributed by atoms with Crippen molar-refractivity contribution in [3.63, 3.8) is 0 Å². The summed E-state index contributed by atoms with van der Waals surface area (Å²) < 4.78 is 73.9. The number of amides is 2. The standard InChI is InChI=1S/C36H45N5O10.C14H27NO6S.C12H22O7.C7H16O4/c1-5-24(20-42)49-29(46-4)21-48-28(44)13-7-12-27(43)38-30(22(2)3)36(45)50-25-10-6-9-23(19-25)33-39-31-26-11-8-14-37-35(26)51-32(31)34(40-33)41-15-17-47-18-16-41;1-3-11(9-16)21-14(19-2)10-20-13(18)6-4-5-12(17)15-7-8-22;1-3-9(7-13)19-12(17-2)8-18-11(16)6-4-5-10(14)15;1-3-6(4-8)11-7(5-9)10-2/h6,8-11,14,19,22,24,29-30,42H,5,7,12-13,15-18,20-21H2,1-4H3,(H,38,43);11,14,16,22H,3-10H2,1-2H3,(H,15,17);9,12-13H,3-8H2,1-2H3,(H,14,15);6-9H,3-5H2,1-2H3/t24?,29?,30-;;;/m0.../s1. The molecule has 8 unspecified atom stereocenters. The van der Waals surface area contributed by atoms with Crippen LogP contribution in [0.3, 0.4) is 0 Å². The van der Waals surface area contributed by atoms with Crippen LogP contribution >= 0.6 is 12.6 Å². The van der Waals surface area contributed by atoms with Gasteiger partial charge < -0.3 is 112 Å². The summed E-state index contributed by atoms with van der Waals surface area (Å²) in [5.41, 5.74) is 2.25. The van der Waals surface area contributed by atoms with Gasteiger partial charge >= 0.3 is 29.8 Å². The number of aliphatic carboxylic acids is 1. The van der Waals surface area contributed by atoms with Gasteiger partial charge in [-0.2, -0.15) is 12.6 Å². The second-order valence-electron chi connectivity index (χ2n) is 23.2. The molecule has 1 fully saturated rings. The van der Waals surface area contributed by atoms with E-state index >= 15 is 0 Å². The number of ether oxygens (including phenoxy) is 13. The van der Waals surface area contributed by atoms with E-state index < -0.39 is 73.1 Å². The van der Waals surface area contributed by atoms with Gasteiger partial charge in [-0.25, -0.2) is 19.7 Å². The first-order valence-corrected chi connectivity index (χ1v) is 35.0. The van der Waals surface area contributed by atoms with Crippen LogP contribution in [0.1, 0.15) is 125 Å². The topological polar surface area (TPSA) is 440 Å². The van der Waals surface area contributed by atoms with E-state index in [1.807, 2.05) is 45.9 Å². The molecule has 0 spiro atoms. The highest BCUT2D eigenvalue weighted by molar-refractivity contribution is 7.80. The highest BCUT2D eigenvalue weighted by atomic mass is 32.1. The van der Waals surface area contributed by atoms with Gasteiger partial charge in [0.1, 0.15) is 37.1 Å². The fourth-order valence-electron chi connectivity index (χ4n) is 8.95. The number of fused-ring (bicyclic) bond motifs is 3. The molecule has 1 saturated heterocycles. The van der Waals surface area contributed by atoms with Crippen LogP contribution in [0.5, 0.6) is 5.75 Å². The summed E-state index contributed by atoms with van der Waals surface area (Å²) in [4.78, 5) is 99.0. The van der Waals surface area contributed by atoms with Gasteiger partial charge in [0.05, 0.1) is 76.1 Å². The first kappa shape index (κ1) is 92.2. The number of hydrogen-bond acceptors (Lipinski definition) is 31. The quantitative estimate of drug-likeness (QED) is 0.00960. The van der Waals surface area contributed by atoms with E-state index in [-0.39, 0.29) is 140 Å². The minimum atomic E-state index is -0.945. The number of furan rings is 1. The number of methoxy groups -OCH3 is 4. The predicted octanol–water partition coefficient (Wildman–Crippen LogP) is 4.58. The molecule has 5 rings (SSSR count). The zero-order valence-electron chi connectivity index (χ0n) is 60.9. The number of carbonyl (C=O) groups excluding carboxylic acids is 6. The van der Waals surface area contributed by atoms with E-state index in [9.17, 15) is 38.7 Å². The fourth-order valence-corrected chi connectivity index (χ4v) is 9.06. The van der Waals surface area contributed by atoms with Crippen molar-refractivity contribution >= 4 is 82.3 Å². The second-order valence-corrected chi connectivity index (χ2v) is 23.6. The predicted molar refractivity (Wildman–Crippen MR) is 376 cm³/mol. The molecule has 3 aromatic heterocycles. The molecule has 1 aromatic carbocycles. The van der Waals surface area contributed by atoms with E-state index in [4.69, 9.17) is 101 Å². The molecule has 33 nitrogen and oxygen atoms in total. The van der Waals surface area contributed by atoms with Gasteiger partial charge in [0.2, 0.25) is 17.5 Å². The Morgan fingerprint density at radius 1 is 0.602 bits per heavy atom. The van der Waals surface area contributed by atoms with Crippen LogP contribution in [0.4, 0.5) is 5.82 Å². The first-order valence-electron chi connectivity index (χ1n) is 34.4. The number of nitrogens with zero attached hydrogens (tertiary/aromatic N) is 4. The second kappa shape index (κ2) is 54.7. The number of carboxylic acids is 1. The molecule has 0 bridgehead atoms. The number of aliphatic hydroxyl groups is 5. The molecule has 34 heteroatoms. The van der Waals surface area contributed by atoms with Gasteiger partial charge in [-0.05, 0) is 75.1 Å². The molecule has 1 aliphatic heterocycles. The summed E-state index contributed by atoms with van der Waals surface area (Å²) >= 11 is 3.98. The smallest absolute Gasteiger partial charge is 0.334 e. The van der Waals surface area contributed by atoms with Crippen LogP contribution in [0.2, 0.25) is 0 Å². The van der Waals surface area contributed by atoms with Gasteiger partial charge in [0, 0.05) is 104 Å². The Kier molecular flexibility index (Phi) is 49.0. The molecule has 4 aromatic rings. The molecule has 1 aliphatic rings. The molecular weight excluding hydrogens is 1380 g/mol. The molecule has 2 amide bonds. The van der Waals surface area contributed by atoms with Crippen LogP contribution in [0.25, 0.3) is 33.6 Å². The monoisotopic (exact) mass is 1490 g/mol. The van der Waals surface area contributed by atoms with Gasteiger partial charge in [0.15, 0.2) is 42.4 Å². The number of morpholine rings is 1. The lowest BCUT2D eigenvalue weighted by atomic mass is 10.0. The molecule has 0 radical (unpaired) electrons. The Bertz CT molecular complexity index is 3000. The average Bonchev–Trinajstić information content (AvgIpc) is 1.63. The lowest BCUT2D eigenvalue weighted by Crippen LogP contribution is -2.46. The van der Waals surface area contributed by atoms with E-state index in [1.165, 1.54) is 28.4 Å². The van der Waals surface area contributed by atoms with E-state index in [0.717, 1.165) is 5.39 Å². The molecule has 0 saturated carbocycles. The largest absolute Gasteiger partial charge is 0.481 e. The number of esters is 4. The highest BCUT2D eigenvalue weighted by Crippen LogP contribution is 2.35. The molecule has 8 N–H and O–H groups in total. The molecular formula is C69H110N6O27S. The van der Waals surface area contributed by atoms with Crippen molar-refractivity contribution in [1.29, 1.82) is 0 Å². The van der Waals surface area contributed by atoms with E-state index in [1.54, 1.807) is 38.2 Å². The molecule has 9 atom stereocenters. The van der Waals surface area contributed by atoms with Crippen LogP contribution in [0.15, 0.2) is 47.0 Å². The zero-order chi connectivity index (χ0) is 76.5. The minimum absolute atomic E-state index is 0.00276. The van der Waals surface area contributed by atoms with Crippen LogP contribution in [-0.2, 0) is 90.4 Å². The third kappa shape index (κ3) is 37.1. The Hall–Kier alpha value is -6.87. The highest BCUT2D eigenvalue weighted by Gasteiger charge is 2.29. The van der Waals surface area contributed by atoms with Crippen molar-refractivity contribution in [2.24, 2.45) is 5.92 Å². The number of nitrogens with one attached hydrogen (secondary N) is 2. The maximum Gasteiger partial charge on any atom is 0.334 e. The maximum absolute atomic E-state index is 13.3. The number of carboxylic acid groups (broad SMARTS) is 1. The van der Waals surface area contributed by atoms with E-state index in [0.29, 0.717) is 105 Å². The summed E-state index contributed by atoms with van der Waals surface area (Å²) in [5, 5.41) is 59.2. The number of rotatable bonds is 47. The van der Waals surface area contributed by atoms with Crippen molar-refractivity contribution in [2.45, 2.75) is 181 Å². The van der Waals surface area contributed by atoms with Crippen LogP contribution in [0, 0.1) is 5.92 Å². The molecule has 4 heterocycles. The van der Waals surface area contributed by atoms with Crippen molar-refractivity contribution < 1.29 is 130 Å². The van der Waals surface area contributed by atoms with Gasteiger partial charge in [-0.3, -0.25) is 28.8 Å². The summed E-state index contributed by atoms with van der Waals surface area (Å²) in [6.45, 7) is 13.0. The normalized spacial score (nSPS) is 14.7. The Balaban J connectivity index is 0.000000569. The summed E-state index contributed by atoms with van der Waals surface area (Å²) in [7, 11) is 5.71. The van der Waals surface area contributed by atoms with Crippen molar-refractivity contribution in [3.8, 4) is 17.1 Å². The fraction of sp³-hybridized carbons (Fsp3) is 0.681. The number of aliphatic hydroxyl groups excluding tert-OH is 5. The number of thiol groups is 1. The number of hydrogen-bond donors (Lipinski definition) is 9. The number of aromatic nitrogens is 3. The number of carbonyl (C=O) groups is 7. The van der Waals surface area contributed by atoms with Gasteiger partial charge in [-0.1, -0.05) is 53.7 Å². The first-order chi connectivity index (χ1) is 49.6. The van der Waals surface area contributed by atoms with Gasteiger partial charge in [-0.15, -0.1) is 0 Å². The van der Waals surface area contributed by atoms with Gasteiger partial charge in [0.25, 0.3) is 0 Å². The van der Waals surface area contributed by atoms with Crippen molar-refractivity contribution in [3.05, 3.63) is 42.6 Å². The lowest BCUT2D eigenvalue weighted by Gasteiger charge is -2.27. The van der Waals surface area contributed by atoms with E-state index in [2.05, 4.69) is 33.1 Å².